The smallest absolute Gasteiger partial charge is 0.333 e. The quantitative estimate of drug-likeness (QED) is 0.468. The van der Waals surface area contributed by atoms with E-state index in [1.54, 1.807) is 6.92 Å². The largest absolute Gasteiger partial charge is 0.478 e. The van der Waals surface area contributed by atoms with Crippen LogP contribution in [0.3, 0.4) is 0 Å². The topological polar surface area (TPSA) is 87.4 Å². The van der Waals surface area contributed by atoms with Gasteiger partial charge in [0.15, 0.2) is 0 Å². The van der Waals surface area contributed by atoms with E-state index in [-0.39, 0.29) is 22.1 Å². The molecule has 0 aliphatic rings. The van der Waals surface area contributed by atoms with Crippen LogP contribution >= 0.6 is 23.2 Å². The van der Waals surface area contributed by atoms with E-state index in [1.165, 1.54) is 20.1 Å². The normalized spacial score (nSPS) is 8.82. The average molecular weight is 348 g/mol. The number of ether oxygens (including phenoxy) is 1. The maximum atomic E-state index is 10.8. The van der Waals surface area contributed by atoms with Crippen molar-refractivity contribution in [3.63, 3.8) is 0 Å². The molecule has 0 saturated heterocycles. The first-order chi connectivity index (χ1) is 9.99. The van der Waals surface area contributed by atoms with Gasteiger partial charge in [-0.05, 0) is 20.3 Å². The van der Waals surface area contributed by atoms with Crippen LogP contribution in [0.5, 0.6) is 0 Å². The zero-order valence-electron chi connectivity index (χ0n) is 12.8. The van der Waals surface area contributed by atoms with Crippen molar-refractivity contribution in [1.82, 2.24) is 0 Å². The molecule has 5 nitrogen and oxygen atoms in total. The van der Waals surface area contributed by atoms with Gasteiger partial charge in [-0.25, -0.2) is 9.59 Å². The second-order valence-corrected chi connectivity index (χ2v) is 4.83. The van der Waals surface area contributed by atoms with Crippen molar-refractivity contribution in [2.24, 2.45) is 0 Å². The number of methoxy groups -OCH3 is 1. The van der Waals surface area contributed by atoms with E-state index in [1.807, 2.05) is 6.07 Å². The molecule has 22 heavy (non-hydrogen) atoms. The predicted molar refractivity (Wildman–Crippen MR) is 88.4 cm³/mol. The fourth-order valence-electron chi connectivity index (χ4n) is 0.591. The van der Waals surface area contributed by atoms with Gasteiger partial charge in [-0.3, -0.25) is 0 Å². The summed E-state index contributed by atoms with van der Waals surface area (Å²) in [7, 11) is 1.25. The third-order valence-electron chi connectivity index (χ3n) is 1.66. The monoisotopic (exact) mass is 347 g/mol. The predicted octanol–water partition coefficient (Wildman–Crippen LogP) is 4.16. The molecule has 0 aromatic rings. The summed E-state index contributed by atoms with van der Waals surface area (Å²) in [5.74, 6) is -1.52. The van der Waals surface area contributed by atoms with Crippen molar-refractivity contribution in [3.8, 4) is 6.07 Å². The number of carbonyl (C=O) groups is 2. The Morgan fingerprint density at radius 3 is 1.86 bits per heavy atom. The standard InChI is InChI=1S/C9H12O4.C4H5N.C2H2Cl2/c1-6(8(10)11)4-5-7(2)9(12)13-3;1-4(2)3-5;1-2(3)4/h4H,2,5H2,1,3H3,(H,10,11);1H2,2H3;1H2. The Kier molecular flexibility index (Phi) is 17.4. The van der Waals surface area contributed by atoms with Crippen LogP contribution in [0.25, 0.3) is 0 Å². The molecular formula is C15H19Cl2NO4. The number of allylic oxidation sites excluding steroid dienone is 2. The molecule has 0 aromatic heterocycles. The molecule has 0 fully saturated rings. The third-order valence-corrected chi connectivity index (χ3v) is 1.66. The number of halogens is 2. The van der Waals surface area contributed by atoms with Crippen LogP contribution < -0.4 is 0 Å². The van der Waals surface area contributed by atoms with E-state index in [2.05, 4.69) is 24.5 Å². The van der Waals surface area contributed by atoms with E-state index in [4.69, 9.17) is 33.6 Å². The zero-order chi connectivity index (χ0) is 18.3. The number of nitrogens with zero attached hydrogens (tertiary/aromatic N) is 1. The van der Waals surface area contributed by atoms with E-state index < -0.39 is 11.9 Å². The van der Waals surface area contributed by atoms with Gasteiger partial charge in [0, 0.05) is 16.7 Å². The number of hydrogen-bond acceptors (Lipinski definition) is 4. The first kappa shape index (κ1) is 25.0. The molecule has 0 amide bonds. The molecule has 0 bridgehead atoms. The lowest BCUT2D eigenvalue weighted by Crippen LogP contribution is -2.03. The van der Waals surface area contributed by atoms with Crippen molar-refractivity contribution in [2.75, 3.05) is 7.11 Å². The first-order valence-electron chi connectivity index (χ1n) is 5.71. The van der Waals surface area contributed by atoms with Gasteiger partial charge in [-0.15, -0.1) is 0 Å². The summed E-state index contributed by atoms with van der Waals surface area (Å²) in [5, 5.41) is 16.3. The van der Waals surface area contributed by atoms with Gasteiger partial charge in [-0.2, -0.15) is 5.26 Å². The summed E-state index contributed by atoms with van der Waals surface area (Å²) < 4.78 is 4.50. The Labute approximate surface area is 140 Å². The van der Waals surface area contributed by atoms with Crippen LogP contribution in [-0.4, -0.2) is 24.2 Å². The lowest BCUT2D eigenvalue weighted by atomic mass is 10.1. The highest BCUT2D eigenvalue weighted by Crippen LogP contribution is 2.04. The Hall–Kier alpha value is -2.03. The number of carboxylic acid groups (broad SMARTS) is 1. The molecule has 0 heterocycles. The molecule has 0 spiro atoms. The van der Waals surface area contributed by atoms with Crippen molar-refractivity contribution < 1.29 is 19.4 Å². The summed E-state index contributed by atoms with van der Waals surface area (Å²) in [6.45, 7) is 13.0. The SMILES string of the molecule is C=C(C)C#N.C=C(CC=C(C)C(=O)O)C(=O)OC.C=C(Cl)Cl. The minimum Gasteiger partial charge on any atom is -0.478 e. The van der Waals surface area contributed by atoms with Gasteiger partial charge in [0.2, 0.25) is 0 Å². The third kappa shape index (κ3) is 23.1. The van der Waals surface area contributed by atoms with Crippen LogP contribution in [0.15, 0.2) is 47.0 Å². The molecule has 0 aromatic carbocycles. The van der Waals surface area contributed by atoms with Crippen molar-refractivity contribution in [3.05, 3.63) is 47.0 Å². The number of aliphatic carboxylic acids is 1. The number of carboxylic acids is 1. The average Bonchev–Trinajstić information content (AvgIpc) is 2.43. The van der Waals surface area contributed by atoms with Gasteiger partial charge >= 0.3 is 11.9 Å². The van der Waals surface area contributed by atoms with Gasteiger partial charge in [0.25, 0.3) is 0 Å². The van der Waals surface area contributed by atoms with Crippen LogP contribution in [0.2, 0.25) is 0 Å². The summed E-state index contributed by atoms with van der Waals surface area (Å²) in [5.41, 5.74) is 0.984. The molecule has 0 radical (unpaired) electrons. The van der Waals surface area contributed by atoms with E-state index in [0.717, 1.165) is 0 Å². The molecule has 0 aliphatic heterocycles. The molecule has 1 N–H and O–H groups in total. The maximum Gasteiger partial charge on any atom is 0.333 e. The number of carbonyl (C=O) groups excluding carboxylic acids is 1. The Morgan fingerprint density at radius 1 is 1.27 bits per heavy atom. The number of nitriles is 1. The zero-order valence-corrected chi connectivity index (χ0v) is 14.3. The lowest BCUT2D eigenvalue weighted by molar-refractivity contribution is -0.136. The number of esters is 1. The highest BCUT2D eigenvalue weighted by Gasteiger charge is 2.05. The second kappa shape index (κ2) is 15.4. The van der Waals surface area contributed by atoms with Crippen molar-refractivity contribution >= 4 is 35.1 Å². The Morgan fingerprint density at radius 2 is 1.64 bits per heavy atom. The number of hydrogen-bond donors (Lipinski definition) is 1. The van der Waals surface area contributed by atoms with Crippen LogP contribution in [0, 0.1) is 11.3 Å². The summed E-state index contributed by atoms with van der Waals surface area (Å²) in [6, 6.07) is 1.83. The molecule has 0 unspecified atom stereocenters. The molecule has 0 rings (SSSR count). The van der Waals surface area contributed by atoms with Crippen LogP contribution in [-0.2, 0) is 14.3 Å². The fourth-order valence-corrected chi connectivity index (χ4v) is 0.591. The minimum absolute atomic E-state index is 0.111. The fraction of sp³-hybridized carbons (Fsp3) is 0.267. The molecule has 0 atom stereocenters. The Bertz CT molecular complexity index is 498. The minimum atomic E-state index is -1.00. The van der Waals surface area contributed by atoms with E-state index in [0.29, 0.717) is 5.57 Å². The highest BCUT2D eigenvalue weighted by atomic mass is 35.5. The molecule has 122 valence electrons. The van der Waals surface area contributed by atoms with Gasteiger partial charge < -0.3 is 9.84 Å². The summed E-state index contributed by atoms with van der Waals surface area (Å²) in [6.07, 6.45) is 1.62. The highest BCUT2D eigenvalue weighted by molar-refractivity contribution is 6.55. The maximum absolute atomic E-state index is 10.8. The number of rotatable bonds is 4. The molecule has 7 heteroatoms. The van der Waals surface area contributed by atoms with E-state index >= 15 is 0 Å². The lowest BCUT2D eigenvalue weighted by Gasteiger charge is -1.99. The van der Waals surface area contributed by atoms with Crippen LogP contribution in [0.1, 0.15) is 20.3 Å². The molecule has 0 saturated carbocycles. The van der Waals surface area contributed by atoms with Crippen molar-refractivity contribution in [2.45, 2.75) is 20.3 Å². The van der Waals surface area contributed by atoms with E-state index in [9.17, 15) is 9.59 Å². The van der Waals surface area contributed by atoms with Gasteiger partial charge in [-0.1, -0.05) is 49.0 Å². The van der Waals surface area contributed by atoms with Gasteiger partial charge in [0.1, 0.15) is 0 Å². The molecular weight excluding hydrogens is 329 g/mol. The second-order valence-electron chi connectivity index (χ2n) is 3.72. The molecule has 0 aliphatic carbocycles. The Balaban J connectivity index is -0.000000330. The van der Waals surface area contributed by atoms with Crippen molar-refractivity contribution in [1.29, 1.82) is 5.26 Å². The summed E-state index contributed by atoms with van der Waals surface area (Å²) in [4.78, 5) is 21.1. The summed E-state index contributed by atoms with van der Waals surface area (Å²) >= 11 is 9.69. The first-order valence-corrected chi connectivity index (χ1v) is 6.46. The van der Waals surface area contributed by atoms with Crippen LogP contribution in [0.4, 0.5) is 0 Å². The van der Waals surface area contributed by atoms with Gasteiger partial charge in [0.05, 0.1) is 17.7 Å².